The van der Waals surface area contributed by atoms with E-state index in [1.165, 1.54) is 12.1 Å². The van der Waals surface area contributed by atoms with Gasteiger partial charge in [0.2, 0.25) is 5.91 Å². The SMILES string of the molecule is COCCCNC(=O)[C@H](C)N1CCCC[C@H]1Cn1nc(C)cc1C. The van der Waals surface area contributed by atoms with Crippen molar-refractivity contribution < 1.29 is 9.53 Å². The Kier molecular flexibility index (Phi) is 7.24. The van der Waals surface area contributed by atoms with Crippen LogP contribution in [0, 0.1) is 13.8 Å². The van der Waals surface area contributed by atoms with Crippen molar-refractivity contribution in [1.29, 1.82) is 0 Å². The van der Waals surface area contributed by atoms with E-state index in [0.29, 0.717) is 19.2 Å². The molecule has 2 rings (SSSR count). The van der Waals surface area contributed by atoms with E-state index < -0.39 is 0 Å². The van der Waals surface area contributed by atoms with Crippen molar-refractivity contribution in [3.63, 3.8) is 0 Å². The van der Waals surface area contributed by atoms with Crippen molar-refractivity contribution in [1.82, 2.24) is 20.0 Å². The van der Waals surface area contributed by atoms with Gasteiger partial charge in [0, 0.05) is 32.0 Å². The van der Waals surface area contributed by atoms with Crippen molar-refractivity contribution in [2.75, 3.05) is 26.8 Å². The van der Waals surface area contributed by atoms with E-state index in [0.717, 1.165) is 38.0 Å². The van der Waals surface area contributed by atoms with Crippen molar-refractivity contribution in [3.8, 4) is 0 Å². The Bertz CT molecular complexity index is 529. The van der Waals surface area contributed by atoms with Crippen molar-refractivity contribution in [2.45, 2.75) is 65.1 Å². The maximum absolute atomic E-state index is 12.5. The summed E-state index contributed by atoms with van der Waals surface area (Å²) in [6.45, 7) is 9.34. The molecule has 1 aliphatic rings. The first-order chi connectivity index (χ1) is 11.5. The minimum Gasteiger partial charge on any atom is -0.385 e. The fraction of sp³-hybridized carbons (Fsp3) is 0.778. The van der Waals surface area contributed by atoms with E-state index >= 15 is 0 Å². The van der Waals surface area contributed by atoms with E-state index in [1.54, 1.807) is 7.11 Å². The molecule has 0 aliphatic carbocycles. The van der Waals surface area contributed by atoms with Crippen molar-refractivity contribution >= 4 is 5.91 Å². The number of rotatable bonds is 8. The van der Waals surface area contributed by atoms with Crippen LogP contribution >= 0.6 is 0 Å². The molecule has 136 valence electrons. The van der Waals surface area contributed by atoms with Crippen LogP contribution in [-0.2, 0) is 16.1 Å². The second-order valence-electron chi connectivity index (χ2n) is 6.81. The summed E-state index contributed by atoms with van der Waals surface area (Å²) in [5.41, 5.74) is 2.24. The Labute approximate surface area is 145 Å². The van der Waals surface area contributed by atoms with Gasteiger partial charge in [-0.25, -0.2) is 0 Å². The monoisotopic (exact) mass is 336 g/mol. The van der Waals surface area contributed by atoms with E-state index in [4.69, 9.17) is 4.74 Å². The van der Waals surface area contributed by atoms with Crippen molar-refractivity contribution in [3.05, 3.63) is 17.5 Å². The summed E-state index contributed by atoms with van der Waals surface area (Å²) in [7, 11) is 1.68. The minimum atomic E-state index is -0.102. The number of hydrogen-bond donors (Lipinski definition) is 1. The molecule has 0 bridgehead atoms. The third kappa shape index (κ3) is 5.05. The number of aryl methyl sites for hydroxylation is 2. The molecule has 0 radical (unpaired) electrons. The zero-order valence-electron chi connectivity index (χ0n) is 15.5. The number of aromatic nitrogens is 2. The Morgan fingerprint density at radius 2 is 2.25 bits per heavy atom. The molecule has 1 N–H and O–H groups in total. The first kappa shape index (κ1) is 18.9. The maximum atomic E-state index is 12.5. The molecule has 0 spiro atoms. The smallest absolute Gasteiger partial charge is 0.237 e. The van der Waals surface area contributed by atoms with E-state index in [2.05, 4.69) is 33.0 Å². The predicted octanol–water partition coefficient (Wildman–Crippen LogP) is 1.90. The van der Waals surface area contributed by atoms with Gasteiger partial charge in [0.15, 0.2) is 0 Å². The first-order valence-electron chi connectivity index (χ1n) is 9.06. The fourth-order valence-corrected chi connectivity index (χ4v) is 3.51. The topological polar surface area (TPSA) is 59.4 Å². The highest BCUT2D eigenvalue weighted by molar-refractivity contribution is 5.81. The lowest BCUT2D eigenvalue weighted by Crippen LogP contribution is -2.53. The number of carbonyl (C=O) groups excluding carboxylic acids is 1. The summed E-state index contributed by atoms with van der Waals surface area (Å²) in [5, 5.41) is 7.62. The average Bonchev–Trinajstić information content (AvgIpc) is 2.88. The van der Waals surface area contributed by atoms with Gasteiger partial charge >= 0.3 is 0 Å². The van der Waals surface area contributed by atoms with Gasteiger partial charge in [-0.15, -0.1) is 0 Å². The van der Waals surface area contributed by atoms with Gasteiger partial charge in [0.1, 0.15) is 0 Å². The van der Waals surface area contributed by atoms with Gasteiger partial charge in [0.25, 0.3) is 0 Å². The van der Waals surface area contributed by atoms with Crippen LogP contribution in [0.15, 0.2) is 6.07 Å². The molecule has 1 aliphatic heterocycles. The standard InChI is InChI=1S/C18H32N4O2/c1-14-12-15(2)22(20-14)13-17-8-5-6-10-21(17)16(3)18(23)19-9-7-11-24-4/h12,16-17H,5-11,13H2,1-4H3,(H,19,23)/t16-,17-/m0/s1. The third-order valence-electron chi connectivity index (χ3n) is 4.86. The number of amides is 1. The number of nitrogens with zero attached hydrogens (tertiary/aromatic N) is 3. The summed E-state index contributed by atoms with van der Waals surface area (Å²) in [6.07, 6.45) is 4.36. The van der Waals surface area contributed by atoms with Gasteiger partial charge in [-0.2, -0.15) is 5.10 Å². The highest BCUT2D eigenvalue weighted by Gasteiger charge is 2.30. The third-order valence-corrected chi connectivity index (χ3v) is 4.86. The molecule has 0 aromatic carbocycles. The summed E-state index contributed by atoms with van der Waals surface area (Å²) in [5.74, 6) is 0.117. The summed E-state index contributed by atoms with van der Waals surface area (Å²) < 4.78 is 7.11. The number of carbonyl (C=O) groups is 1. The average molecular weight is 336 g/mol. The van der Waals surface area contributed by atoms with E-state index in [1.807, 2.05) is 13.8 Å². The Hall–Kier alpha value is -1.40. The first-order valence-corrected chi connectivity index (χ1v) is 9.06. The van der Waals surface area contributed by atoms with Crippen LogP contribution in [0.1, 0.15) is 44.0 Å². The fourth-order valence-electron chi connectivity index (χ4n) is 3.51. The van der Waals surface area contributed by atoms with E-state index in [-0.39, 0.29) is 11.9 Å². The van der Waals surface area contributed by atoms with Crippen LogP contribution in [0.2, 0.25) is 0 Å². The lowest BCUT2D eigenvalue weighted by atomic mass is 9.99. The molecule has 0 unspecified atom stereocenters. The summed E-state index contributed by atoms with van der Waals surface area (Å²) >= 11 is 0. The van der Waals surface area contributed by atoms with Crippen LogP contribution in [-0.4, -0.2) is 59.5 Å². The molecule has 6 nitrogen and oxygen atoms in total. The maximum Gasteiger partial charge on any atom is 0.237 e. The highest BCUT2D eigenvalue weighted by Crippen LogP contribution is 2.21. The number of ether oxygens (including phenoxy) is 1. The molecule has 0 saturated carbocycles. The highest BCUT2D eigenvalue weighted by atomic mass is 16.5. The molecule has 1 aromatic heterocycles. The molecule has 1 aromatic rings. The Morgan fingerprint density at radius 1 is 1.46 bits per heavy atom. The van der Waals surface area contributed by atoms with Crippen LogP contribution in [0.5, 0.6) is 0 Å². The van der Waals surface area contributed by atoms with Gasteiger partial charge in [-0.3, -0.25) is 14.4 Å². The summed E-state index contributed by atoms with van der Waals surface area (Å²) in [6, 6.07) is 2.38. The molecule has 6 heteroatoms. The quantitative estimate of drug-likeness (QED) is 0.737. The summed E-state index contributed by atoms with van der Waals surface area (Å²) in [4.78, 5) is 14.8. The molecule has 1 fully saturated rings. The lowest BCUT2D eigenvalue weighted by molar-refractivity contribution is -0.127. The van der Waals surface area contributed by atoms with Gasteiger partial charge in [-0.05, 0) is 52.6 Å². The van der Waals surface area contributed by atoms with Crippen molar-refractivity contribution in [2.24, 2.45) is 0 Å². The number of nitrogens with one attached hydrogen (secondary N) is 1. The number of piperidine rings is 1. The van der Waals surface area contributed by atoms with Crippen LogP contribution in [0.4, 0.5) is 0 Å². The zero-order chi connectivity index (χ0) is 17.5. The predicted molar refractivity (Wildman–Crippen MR) is 95.0 cm³/mol. The number of hydrogen-bond acceptors (Lipinski definition) is 4. The number of methoxy groups -OCH3 is 1. The largest absolute Gasteiger partial charge is 0.385 e. The molecule has 1 saturated heterocycles. The van der Waals surface area contributed by atoms with Crippen LogP contribution in [0.3, 0.4) is 0 Å². The second-order valence-corrected chi connectivity index (χ2v) is 6.81. The molecule has 2 heterocycles. The molecular weight excluding hydrogens is 304 g/mol. The minimum absolute atomic E-state index is 0.102. The number of likely N-dealkylation sites (tertiary alicyclic amines) is 1. The van der Waals surface area contributed by atoms with Gasteiger partial charge in [-0.1, -0.05) is 6.42 Å². The van der Waals surface area contributed by atoms with Crippen LogP contribution < -0.4 is 5.32 Å². The normalized spacial score (nSPS) is 20.1. The van der Waals surface area contributed by atoms with Crippen LogP contribution in [0.25, 0.3) is 0 Å². The Balaban J connectivity index is 1.94. The zero-order valence-corrected chi connectivity index (χ0v) is 15.5. The Morgan fingerprint density at radius 3 is 2.92 bits per heavy atom. The molecule has 2 atom stereocenters. The van der Waals surface area contributed by atoms with Gasteiger partial charge in [0.05, 0.1) is 18.3 Å². The molecule has 24 heavy (non-hydrogen) atoms. The molecular formula is C18H32N4O2. The van der Waals surface area contributed by atoms with E-state index in [9.17, 15) is 4.79 Å². The second kappa shape index (κ2) is 9.18. The van der Waals surface area contributed by atoms with Gasteiger partial charge < -0.3 is 10.1 Å². The molecule has 1 amide bonds. The lowest BCUT2D eigenvalue weighted by Gasteiger charge is -2.39.